The zero-order valence-corrected chi connectivity index (χ0v) is 30.6. The van der Waals surface area contributed by atoms with E-state index < -0.39 is 0 Å². The van der Waals surface area contributed by atoms with Crippen LogP contribution in [0.2, 0.25) is 0 Å². The van der Waals surface area contributed by atoms with Crippen LogP contribution in [0.4, 0.5) is 0 Å². The van der Waals surface area contributed by atoms with E-state index in [-0.39, 0.29) is 0 Å². The van der Waals surface area contributed by atoms with Gasteiger partial charge in [-0.1, -0.05) is 23.5 Å². The molecule has 0 aromatic carbocycles. The molecule has 3 aliphatic rings. The molecule has 0 aromatic rings. The summed E-state index contributed by atoms with van der Waals surface area (Å²) in [6.07, 6.45) is 5.65. The quantitative estimate of drug-likeness (QED) is 0.220. The Morgan fingerprint density at radius 2 is 1.12 bits per heavy atom. The zero-order chi connectivity index (χ0) is 28.1. The Balaban J connectivity index is 1.60. The molecule has 5 nitrogen and oxygen atoms in total. The molecule has 0 radical (unpaired) electrons. The van der Waals surface area contributed by atoms with E-state index in [1.165, 1.54) is 21.2 Å². The van der Waals surface area contributed by atoms with Gasteiger partial charge in [0.25, 0.3) is 0 Å². The molecule has 0 aromatic heterocycles. The predicted octanol–water partition coefficient (Wildman–Crippen LogP) is 8.17. The van der Waals surface area contributed by atoms with Gasteiger partial charge in [0.05, 0.1) is 87.3 Å². The van der Waals surface area contributed by atoms with Crippen molar-refractivity contribution in [2.45, 2.75) is 19.3 Å². The highest BCUT2D eigenvalue weighted by atomic mass is 32.3. The fourth-order valence-electron chi connectivity index (χ4n) is 3.41. The van der Waals surface area contributed by atoms with Crippen LogP contribution >= 0.6 is 107 Å². The van der Waals surface area contributed by atoms with Gasteiger partial charge in [0, 0.05) is 23.0 Å². The van der Waals surface area contributed by atoms with E-state index in [2.05, 4.69) is 18.9 Å². The van der Waals surface area contributed by atoms with Crippen molar-refractivity contribution in [3.05, 3.63) is 26.8 Å². The molecule has 0 saturated heterocycles. The first-order valence-corrected chi connectivity index (χ1v) is 22.0. The maximum absolute atomic E-state index is 5.86. The molecule has 14 heteroatoms. The average molecular weight is 723 g/mol. The molecule has 3 aliphatic heterocycles. The summed E-state index contributed by atoms with van der Waals surface area (Å²) >= 11 is 20.3. The SMILES string of the molecule is CSC1=C2SCCOCCOCCOCCOCCOCCS/C3=C(\SCCCS)SCC/C(=C(/S1)S2)CCS3. The third kappa shape index (κ3) is 15.4. The fourth-order valence-corrected chi connectivity index (χ4v) is 14.8. The lowest BCUT2D eigenvalue weighted by Gasteiger charge is -2.13. The first kappa shape index (κ1) is 36.6. The Bertz CT molecular complexity index is 809. The lowest BCUT2D eigenvalue weighted by molar-refractivity contribution is -0.00902. The molecule has 0 N–H and O–H groups in total. The normalized spacial score (nSPS) is 26.9. The highest BCUT2D eigenvalue weighted by molar-refractivity contribution is 8.40. The van der Waals surface area contributed by atoms with Crippen LogP contribution in [0.5, 0.6) is 0 Å². The van der Waals surface area contributed by atoms with Crippen molar-refractivity contribution >= 4 is 107 Å². The van der Waals surface area contributed by atoms with E-state index >= 15 is 0 Å². The molecule has 0 atom stereocenters. The Morgan fingerprint density at radius 3 is 1.70 bits per heavy atom. The second-order valence-electron chi connectivity index (χ2n) is 8.33. The van der Waals surface area contributed by atoms with E-state index in [1.54, 1.807) is 5.57 Å². The van der Waals surface area contributed by atoms with Gasteiger partial charge in [-0.3, -0.25) is 0 Å². The molecule has 0 saturated carbocycles. The smallest absolute Gasteiger partial charge is 0.0701 e. The lowest BCUT2D eigenvalue weighted by Crippen LogP contribution is -2.13. The van der Waals surface area contributed by atoms with Gasteiger partial charge in [0.2, 0.25) is 0 Å². The summed E-state index contributed by atoms with van der Waals surface area (Å²) < 4.78 is 35.8. The molecule has 0 spiro atoms. The molecule has 230 valence electrons. The highest BCUT2D eigenvalue weighted by Crippen LogP contribution is 2.58. The van der Waals surface area contributed by atoms with Crippen molar-refractivity contribution < 1.29 is 23.7 Å². The van der Waals surface area contributed by atoms with Crippen LogP contribution in [0.25, 0.3) is 0 Å². The van der Waals surface area contributed by atoms with E-state index in [9.17, 15) is 0 Å². The second kappa shape index (κ2) is 24.4. The summed E-state index contributed by atoms with van der Waals surface area (Å²) in [7, 11) is 0. The summed E-state index contributed by atoms with van der Waals surface area (Å²) in [4.78, 5) is 0. The minimum Gasteiger partial charge on any atom is -0.378 e. The number of ether oxygens (including phenoxy) is 5. The minimum atomic E-state index is 0.576. The zero-order valence-electron chi connectivity index (χ0n) is 23.2. The Hall–Kier alpha value is 2.17. The molecular formula is C26H42O5S9. The van der Waals surface area contributed by atoms with Crippen molar-refractivity contribution in [2.75, 3.05) is 107 Å². The molecule has 40 heavy (non-hydrogen) atoms. The van der Waals surface area contributed by atoms with Gasteiger partial charge in [-0.25, -0.2) is 0 Å². The summed E-state index contributed by atoms with van der Waals surface area (Å²) in [6.45, 7) is 6.22. The van der Waals surface area contributed by atoms with Crippen LogP contribution in [-0.4, -0.2) is 107 Å². The van der Waals surface area contributed by atoms with Crippen LogP contribution in [0, 0.1) is 0 Å². The number of thiol groups is 1. The monoisotopic (exact) mass is 722 g/mol. The van der Waals surface area contributed by atoms with Gasteiger partial charge < -0.3 is 23.7 Å². The van der Waals surface area contributed by atoms with Crippen molar-refractivity contribution in [1.29, 1.82) is 0 Å². The van der Waals surface area contributed by atoms with Gasteiger partial charge in [-0.2, -0.15) is 12.6 Å². The fraction of sp³-hybridized carbons (Fsp3) is 0.769. The van der Waals surface area contributed by atoms with Crippen molar-refractivity contribution in [1.82, 2.24) is 0 Å². The number of thioether (sulfide) groups is 8. The van der Waals surface area contributed by atoms with Crippen LogP contribution in [0.1, 0.15) is 19.3 Å². The molecule has 3 heterocycles. The Labute approximate surface area is 280 Å². The number of rotatable bonds is 5. The average Bonchev–Trinajstić information content (AvgIpc) is 3.41. The molecule has 4 bridgehead atoms. The summed E-state index contributed by atoms with van der Waals surface area (Å²) in [5, 5.41) is 0. The maximum atomic E-state index is 5.86. The molecule has 3 rings (SSSR count). The molecule has 0 fully saturated rings. The van der Waals surface area contributed by atoms with Gasteiger partial charge in [0.15, 0.2) is 0 Å². The van der Waals surface area contributed by atoms with E-state index in [4.69, 9.17) is 23.7 Å². The maximum Gasteiger partial charge on any atom is 0.0701 e. The number of fused-ring (bicyclic) bond motifs is 6. The van der Waals surface area contributed by atoms with Gasteiger partial charge in [-0.15, -0.1) is 70.6 Å². The molecule has 0 unspecified atom stereocenters. The second-order valence-corrected chi connectivity index (χ2v) is 18.5. The van der Waals surface area contributed by atoms with Crippen molar-refractivity contribution in [2.24, 2.45) is 0 Å². The number of hydrogen-bond acceptors (Lipinski definition) is 14. The number of allylic oxidation sites excluding steroid dienone is 1. The van der Waals surface area contributed by atoms with Gasteiger partial charge >= 0.3 is 0 Å². The van der Waals surface area contributed by atoms with E-state index in [0.717, 1.165) is 67.0 Å². The third-order valence-corrected chi connectivity index (χ3v) is 16.7. The summed E-state index contributed by atoms with van der Waals surface area (Å²) in [5.74, 6) is 6.27. The first-order valence-electron chi connectivity index (χ1n) is 13.6. The largest absolute Gasteiger partial charge is 0.378 e. The topological polar surface area (TPSA) is 46.2 Å². The van der Waals surface area contributed by atoms with Gasteiger partial charge in [-0.05, 0) is 42.6 Å². The molecule has 0 amide bonds. The molecule has 0 aliphatic carbocycles. The van der Waals surface area contributed by atoms with E-state index in [1.807, 2.05) is 94.1 Å². The first-order chi connectivity index (χ1) is 19.8. The number of hydrogen-bond donors (Lipinski definition) is 1. The van der Waals surface area contributed by atoms with Crippen LogP contribution in [0.15, 0.2) is 26.8 Å². The Morgan fingerprint density at radius 1 is 0.600 bits per heavy atom. The summed E-state index contributed by atoms with van der Waals surface area (Å²) in [6, 6.07) is 0. The minimum absolute atomic E-state index is 0.576. The third-order valence-electron chi connectivity index (χ3n) is 5.40. The molecular weight excluding hydrogens is 681 g/mol. The highest BCUT2D eigenvalue weighted by Gasteiger charge is 2.25. The van der Waals surface area contributed by atoms with Crippen molar-refractivity contribution in [3.63, 3.8) is 0 Å². The van der Waals surface area contributed by atoms with Crippen LogP contribution in [-0.2, 0) is 23.7 Å². The lowest BCUT2D eigenvalue weighted by atomic mass is 10.2. The predicted molar refractivity (Wildman–Crippen MR) is 194 cm³/mol. The summed E-state index contributed by atoms with van der Waals surface area (Å²) in [5.41, 5.74) is 1.63. The van der Waals surface area contributed by atoms with Crippen LogP contribution < -0.4 is 0 Å². The van der Waals surface area contributed by atoms with Crippen LogP contribution in [0.3, 0.4) is 0 Å². The standard InChI is InChI=1S/C26H42O5S9/c1-33-23-26-38-20-14-31-12-10-29-8-6-27-5-7-28-9-11-30-13-19-37-25-24(34-16-2-15-32)35-17-3-21(4-18-36-25)22(39-23)40-26/h32H,2-20H2,1H3/b22-21+,25-24+. The van der Waals surface area contributed by atoms with Crippen molar-refractivity contribution in [3.8, 4) is 0 Å². The Kier molecular flexibility index (Phi) is 22.4. The van der Waals surface area contributed by atoms with E-state index in [0.29, 0.717) is 52.9 Å². The van der Waals surface area contributed by atoms with Gasteiger partial charge in [0.1, 0.15) is 0 Å².